The van der Waals surface area contributed by atoms with Gasteiger partial charge in [0.25, 0.3) is 0 Å². The van der Waals surface area contributed by atoms with Crippen LogP contribution in [0, 0.1) is 17.5 Å². The van der Waals surface area contributed by atoms with Gasteiger partial charge in [0, 0.05) is 11.6 Å². The summed E-state index contributed by atoms with van der Waals surface area (Å²) in [5, 5.41) is 8.25. The Bertz CT molecular complexity index is 443. The lowest BCUT2D eigenvalue weighted by molar-refractivity contribution is -0.131. The Morgan fingerprint density at radius 2 is 1.93 bits per heavy atom. The van der Waals surface area contributed by atoms with Crippen molar-refractivity contribution in [1.29, 1.82) is 0 Å². The highest BCUT2D eigenvalue weighted by molar-refractivity contribution is 9.10. The van der Waals surface area contributed by atoms with Gasteiger partial charge in [-0.05, 0) is 28.1 Å². The topological polar surface area (TPSA) is 37.3 Å². The molecule has 0 atom stereocenters. The summed E-state index contributed by atoms with van der Waals surface area (Å²) in [7, 11) is 0. The maximum atomic E-state index is 13.1. The Morgan fingerprint density at radius 1 is 1.33 bits per heavy atom. The zero-order valence-corrected chi connectivity index (χ0v) is 8.69. The number of carboxylic acids is 1. The van der Waals surface area contributed by atoms with Gasteiger partial charge in [-0.25, -0.2) is 18.0 Å². The van der Waals surface area contributed by atoms with Gasteiger partial charge in [0.15, 0.2) is 11.6 Å². The van der Waals surface area contributed by atoms with Crippen LogP contribution in [0.15, 0.2) is 16.6 Å². The molecule has 0 aliphatic heterocycles. The molecule has 15 heavy (non-hydrogen) atoms. The van der Waals surface area contributed by atoms with Crippen molar-refractivity contribution in [3.05, 3.63) is 39.6 Å². The highest BCUT2D eigenvalue weighted by atomic mass is 79.9. The summed E-state index contributed by atoms with van der Waals surface area (Å²) in [6, 6.07) is 0.722. The highest BCUT2D eigenvalue weighted by Gasteiger charge is 2.15. The van der Waals surface area contributed by atoms with Crippen molar-refractivity contribution in [2.45, 2.75) is 0 Å². The van der Waals surface area contributed by atoms with Crippen LogP contribution >= 0.6 is 15.9 Å². The molecule has 0 aliphatic carbocycles. The second-order valence-electron chi connectivity index (χ2n) is 2.55. The second-order valence-corrected chi connectivity index (χ2v) is 3.41. The summed E-state index contributed by atoms with van der Waals surface area (Å²) in [6.45, 7) is 0. The molecule has 0 radical (unpaired) electrons. The van der Waals surface area contributed by atoms with E-state index < -0.39 is 29.0 Å². The molecule has 1 aromatic carbocycles. The van der Waals surface area contributed by atoms with Crippen molar-refractivity contribution in [2.24, 2.45) is 0 Å². The molecule has 0 amide bonds. The van der Waals surface area contributed by atoms with Crippen molar-refractivity contribution in [2.75, 3.05) is 0 Å². The molecule has 0 saturated heterocycles. The fourth-order valence-corrected chi connectivity index (χ4v) is 1.26. The van der Waals surface area contributed by atoms with E-state index in [1.807, 2.05) is 0 Å². The molecule has 0 unspecified atom stereocenters. The summed E-state index contributed by atoms with van der Waals surface area (Å²) < 4.78 is 38.7. The largest absolute Gasteiger partial charge is 0.478 e. The van der Waals surface area contributed by atoms with Gasteiger partial charge in [-0.1, -0.05) is 0 Å². The number of halogens is 4. The average Bonchev–Trinajstić information content (AvgIpc) is 2.14. The van der Waals surface area contributed by atoms with Crippen LogP contribution in [0.5, 0.6) is 0 Å². The molecule has 1 N–H and O–H groups in total. The van der Waals surface area contributed by atoms with Crippen molar-refractivity contribution < 1.29 is 23.1 Å². The van der Waals surface area contributed by atoms with Gasteiger partial charge in [0.2, 0.25) is 0 Å². The van der Waals surface area contributed by atoms with Gasteiger partial charge in [0.1, 0.15) is 5.82 Å². The normalized spacial score (nSPS) is 10.9. The Labute approximate surface area is 91.2 Å². The minimum absolute atomic E-state index is 0.357. The first-order chi connectivity index (χ1) is 6.93. The maximum absolute atomic E-state index is 13.1. The molecule has 0 saturated carbocycles. The van der Waals surface area contributed by atoms with Gasteiger partial charge in [-0.2, -0.15) is 0 Å². The molecule has 0 fully saturated rings. The first kappa shape index (κ1) is 11.8. The van der Waals surface area contributed by atoms with E-state index in [0.717, 1.165) is 6.07 Å². The lowest BCUT2D eigenvalue weighted by atomic mass is 10.2. The zero-order chi connectivity index (χ0) is 11.6. The van der Waals surface area contributed by atoms with Crippen LogP contribution in [0.1, 0.15) is 5.56 Å². The molecule has 1 aromatic rings. The van der Waals surface area contributed by atoms with Crippen LogP contribution in [0.2, 0.25) is 0 Å². The molecular weight excluding hydrogens is 277 g/mol. The van der Waals surface area contributed by atoms with E-state index >= 15 is 0 Å². The quantitative estimate of drug-likeness (QED) is 0.514. The van der Waals surface area contributed by atoms with Gasteiger partial charge in [-0.3, -0.25) is 0 Å². The van der Waals surface area contributed by atoms with Crippen LogP contribution in [-0.2, 0) is 4.79 Å². The lowest BCUT2D eigenvalue weighted by Gasteiger charge is -2.02. The first-order valence-electron chi connectivity index (χ1n) is 3.67. The SMILES string of the molecule is O=C(O)/C=C/c1c(F)cc(Br)c(F)c1F. The Kier molecular flexibility index (Phi) is 3.52. The van der Waals surface area contributed by atoms with Gasteiger partial charge in [-0.15, -0.1) is 0 Å². The van der Waals surface area contributed by atoms with Crippen molar-refractivity contribution in [3.63, 3.8) is 0 Å². The Morgan fingerprint density at radius 3 is 2.47 bits per heavy atom. The molecule has 0 aliphatic rings. The summed E-state index contributed by atoms with van der Waals surface area (Å²) in [6.07, 6.45) is 1.18. The fourth-order valence-electron chi connectivity index (χ4n) is 0.888. The van der Waals surface area contributed by atoms with E-state index in [4.69, 9.17) is 5.11 Å². The second kappa shape index (κ2) is 4.48. The van der Waals surface area contributed by atoms with Crippen molar-refractivity contribution in [1.82, 2.24) is 0 Å². The van der Waals surface area contributed by atoms with Crippen LogP contribution in [0.25, 0.3) is 6.08 Å². The third-order valence-electron chi connectivity index (χ3n) is 1.54. The summed E-state index contributed by atoms with van der Waals surface area (Å²) in [4.78, 5) is 10.1. The maximum Gasteiger partial charge on any atom is 0.328 e. The first-order valence-corrected chi connectivity index (χ1v) is 4.46. The van der Waals surface area contributed by atoms with E-state index in [9.17, 15) is 18.0 Å². The standard InChI is InChI=1S/C9H4BrF3O2/c10-5-3-6(11)4(1-2-7(14)15)8(12)9(5)13/h1-3H,(H,14,15)/b2-1+. The van der Waals surface area contributed by atoms with E-state index in [0.29, 0.717) is 12.2 Å². The van der Waals surface area contributed by atoms with Gasteiger partial charge >= 0.3 is 5.97 Å². The van der Waals surface area contributed by atoms with E-state index in [1.54, 1.807) is 0 Å². The van der Waals surface area contributed by atoms with Crippen molar-refractivity contribution in [3.8, 4) is 0 Å². The van der Waals surface area contributed by atoms with Crippen LogP contribution in [0.3, 0.4) is 0 Å². The Hall–Kier alpha value is -1.30. The summed E-state index contributed by atoms with van der Waals surface area (Å²) in [5.74, 6) is -5.11. The number of carbonyl (C=O) groups is 1. The highest BCUT2D eigenvalue weighted by Crippen LogP contribution is 2.24. The molecule has 0 aromatic heterocycles. The third kappa shape index (κ3) is 2.59. The number of carboxylic acid groups (broad SMARTS) is 1. The summed E-state index contributed by atoms with van der Waals surface area (Å²) >= 11 is 2.62. The number of rotatable bonds is 2. The fraction of sp³-hybridized carbons (Fsp3) is 0. The van der Waals surface area contributed by atoms with Crippen LogP contribution in [-0.4, -0.2) is 11.1 Å². The number of hydrogen-bond donors (Lipinski definition) is 1. The third-order valence-corrected chi connectivity index (χ3v) is 2.12. The molecule has 6 heteroatoms. The van der Waals surface area contributed by atoms with Gasteiger partial charge < -0.3 is 5.11 Å². The zero-order valence-electron chi connectivity index (χ0n) is 7.10. The predicted molar refractivity (Wildman–Crippen MR) is 50.7 cm³/mol. The minimum Gasteiger partial charge on any atom is -0.478 e. The van der Waals surface area contributed by atoms with Crippen LogP contribution in [0.4, 0.5) is 13.2 Å². The average molecular weight is 281 g/mol. The molecule has 1 rings (SSSR count). The number of hydrogen-bond acceptors (Lipinski definition) is 1. The van der Waals surface area contributed by atoms with Crippen molar-refractivity contribution >= 4 is 28.0 Å². The lowest BCUT2D eigenvalue weighted by Crippen LogP contribution is -1.96. The molecule has 2 nitrogen and oxygen atoms in total. The predicted octanol–water partition coefficient (Wildman–Crippen LogP) is 2.96. The van der Waals surface area contributed by atoms with E-state index in [2.05, 4.69) is 15.9 Å². The number of aliphatic carboxylic acids is 1. The van der Waals surface area contributed by atoms with E-state index in [-0.39, 0.29) is 4.47 Å². The van der Waals surface area contributed by atoms with Crippen LogP contribution < -0.4 is 0 Å². The molecule has 0 heterocycles. The Balaban J connectivity index is 3.30. The minimum atomic E-state index is -1.43. The monoisotopic (exact) mass is 280 g/mol. The number of benzene rings is 1. The smallest absolute Gasteiger partial charge is 0.328 e. The van der Waals surface area contributed by atoms with E-state index in [1.165, 1.54) is 0 Å². The molecule has 80 valence electrons. The summed E-state index contributed by atoms with van der Waals surface area (Å²) in [5.41, 5.74) is -0.724. The molecule has 0 bridgehead atoms. The van der Waals surface area contributed by atoms with Gasteiger partial charge in [0.05, 0.1) is 4.47 Å². The molecule has 0 spiro atoms. The molecular formula is C9H4BrF3O2.